The van der Waals surface area contributed by atoms with Crippen LogP contribution in [-0.2, 0) is 4.74 Å². The molecular formula is C39H25Cl3F5N3O4. The van der Waals surface area contributed by atoms with Crippen LogP contribution in [0.2, 0.25) is 10.0 Å². The Morgan fingerprint density at radius 1 is 0.593 bits per heavy atom. The average molecular weight is 801 g/mol. The van der Waals surface area contributed by atoms with Gasteiger partial charge in [0.05, 0.1) is 21.8 Å². The van der Waals surface area contributed by atoms with Crippen LogP contribution in [0, 0.1) is 23.3 Å². The van der Waals surface area contributed by atoms with Gasteiger partial charge in [0.1, 0.15) is 22.8 Å². The summed E-state index contributed by atoms with van der Waals surface area (Å²) in [5.41, 5.74) is 0.380. The first kappa shape index (κ1) is 41.2. The summed E-state index contributed by atoms with van der Waals surface area (Å²) >= 11 is 17.4. The number of ether oxygens (including phenoxy) is 1. The molecule has 15 heteroatoms. The van der Waals surface area contributed by atoms with E-state index in [-0.39, 0.29) is 39.5 Å². The third-order valence-electron chi connectivity index (χ3n) is 6.84. The number of hydrogen-bond acceptors (Lipinski definition) is 7. The number of benzene rings is 3. The first-order chi connectivity index (χ1) is 25.7. The number of hydrogen-bond donors (Lipinski definition) is 0. The van der Waals surface area contributed by atoms with Crippen LogP contribution in [0.25, 0.3) is 33.8 Å². The Balaban J connectivity index is 0.000000181. The number of esters is 1. The fraction of sp³-hybridized carbons (Fsp3) is 0.0769. The van der Waals surface area contributed by atoms with Crippen molar-refractivity contribution >= 4 is 52.1 Å². The van der Waals surface area contributed by atoms with Crippen LogP contribution in [-0.4, -0.2) is 38.3 Å². The van der Waals surface area contributed by atoms with Crippen molar-refractivity contribution in [3.8, 4) is 33.8 Å². The van der Waals surface area contributed by atoms with E-state index in [1.54, 1.807) is 62.4 Å². The average Bonchev–Trinajstić information content (AvgIpc) is 3.16. The van der Waals surface area contributed by atoms with Gasteiger partial charge < -0.3 is 4.74 Å². The van der Waals surface area contributed by atoms with Crippen molar-refractivity contribution in [3.05, 3.63) is 160 Å². The predicted octanol–water partition coefficient (Wildman–Crippen LogP) is 11.2. The minimum absolute atomic E-state index is 0.0833. The molecule has 0 N–H and O–H groups in total. The van der Waals surface area contributed by atoms with Crippen molar-refractivity contribution < 1.29 is 41.1 Å². The van der Waals surface area contributed by atoms with Gasteiger partial charge in [-0.05, 0) is 31.5 Å². The van der Waals surface area contributed by atoms with E-state index in [0.29, 0.717) is 22.3 Å². The van der Waals surface area contributed by atoms with Crippen LogP contribution >= 0.6 is 34.8 Å². The maximum Gasteiger partial charge on any atom is 0.357 e. The molecule has 0 aliphatic carbocycles. The second-order valence-electron chi connectivity index (χ2n) is 11.1. The van der Waals surface area contributed by atoms with Crippen LogP contribution in [0.4, 0.5) is 22.0 Å². The molecule has 3 heterocycles. The Labute approximate surface area is 320 Å². The van der Waals surface area contributed by atoms with E-state index in [1.807, 2.05) is 30.3 Å². The molecule has 6 aromatic rings. The lowest BCUT2D eigenvalue weighted by Crippen LogP contribution is -2.14. The van der Waals surface area contributed by atoms with E-state index in [9.17, 15) is 36.3 Å². The molecule has 0 unspecified atom stereocenters. The third kappa shape index (κ3) is 10.8. The number of carbonyl (C=O) groups is 3. The number of halogens is 8. The van der Waals surface area contributed by atoms with Gasteiger partial charge in [0.2, 0.25) is 0 Å². The Morgan fingerprint density at radius 2 is 0.981 bits per heavy atom. The predicted molar refractivity (Wildman–Crippen MR) is 195 cm³/mol. The molecule has 0 amide bonds. The van der Waals surface area contributed by atoms with Crippen molar-refractivity contribution in [1.82, 2.24) is 15.0 Å². The molecule has 54 heavy (non-hydrogen) atoms. The van der Waals surface area contributed by atoms with Gasteiger partial charge in [0, 0.05) is 28.8 Å². The van der Waals surface area contributed by atoms with E-state index < -0.39 is 46.2 Å². The molecular weight excluding hydrogens is 776 g/mol. The van der Waals surface area contributed by atoms with E-state index in [0.717, 1.165) is 11.6 Å². The highest BCUT2D eigenvalue weighted by molar-refractivity contribution is 6.67. The molecule has 276 valence electrons. The van der Waals surface area contributed by atoms with E-state index in [1.165, 1.54) is 18.2 Å². The molecule has 0 aliphatic heterocycles. The van der Waals surface area contributed by atoms with Crippen LogP contribution in [0.1, 0.15) is 45.3 Å². The summed E-state index contributed by atoms with van der Waals surface area (Å²) in [6, 6.07) is 25.9. The third-order valence-corrected chi connectivity index (χ3v) is 7.81. The number of pyridine rings is 3. The van der Waals surface area contributed by atoms with Gasteiger partial charge in [-0.25, -0.2) is 37.3 Å². The zero-order chi connectivity index (χ0) is 39.5. The lowest BCUT2D eigenvalue weighted by molar-refractivity contribution is 0.0370. The maximum absolute atomic E-state index is 13.8. The Hall–Kier alpha value is -5.56. The highest BCUT2D eigenvalue weighted by atomic mass is 35.5. The summed E-state index contributed by atoms with van der Waals surface area (Å²) in [7, 11) is 0. The number of carbonyl (C=O) groups excluding carboxylic acids is 3. The van der Waals surface area contributed by atoms with Crippen LogP contribution < -0.4 is 0 Å². The standard InChI is InChI=1S/C15H13F2NO2.C12H6Cl3NO.C12H6F3NO/c1-9(2)20-15(19)12-8-11(16)13(17)14(18-12)10-6-4-3-5-7-10;2*13-8-6-9(12(15)17)16-11(10(8)14)7-4-2-1-3-5-7/h3-9H,1-2H3;2*1-6H. The van der Waals surface area contributed by atoms with Crippen molar-refractivity contribution in [2.75, 3.05) is 0 Å². The SMILES string of the molecule is CC(C)OC(=O)c1cc(F)c(F)c(-c2ccccc2)n1.O=C(Cl)c1cc(Cl)c(Cl)c(-c2ccccc2)n1.O=C(F)c1cc(F)c(F)c(-c2ccccc2)n1. The lowest BCUT2D eigenvalue weighted by Gasteiger charge is -2.09. The van der Waals surface area contributed by atoms with E-state index in [2.05, 4.69) is 15.0 Å². The second-order valence-corrected chi connectivity index (χ2v) is 12.2. The summed E-state index contributed by atoms with van der Waals surface area (Å²) in [4.78, 5) is 44.7. The number of aromatic nitrogens is 3. The van der Waals surface area contributed by atoms with Gasteiger partial charge in [0.15, 0.2) is 29.0 Å². The van der Waals surface area contributed by atoms with Gasteiger partial charge in [-0.1, -0.05) is 114 Å². The Morgan fingerprint density at radius 3 is 1.39 bits per heavy atom. The number of nitrogens with zero attached hydrogens (tertiary/aromatic N) is 3. The zero-order valence-electron chi connectivity index (χ0n) is 28.0. The Kier molecular flexibility index (Phi) is 14.5. The summed E-state index contributed by atoms with van der Waals surface area (Å²) in [6.45, 7) is 3.33. The fourth-order valence-electron chi connectivity index (χ4n) is 4.44. The van der Waals surface area contributed by atoms with E-state index >= 15 is 0 Å². The van der Waals surface area contributed by atoms with Crippen molar-refractivity contribution in [3.63, 3.8) is 0 Å². The summed E-state index contributed by atoms with van der Waals surface area (Å²) in [6.07, 6.45) is -0.363. The summed E-state index contributed by atoms with van der Waals surface area (Å²) in [5, 5.41) is -0.107. The lowest BCUT2D eigenvalue weighted by atomic mass is 10.1. The van der Waals surface area contributed by atoms with Gasteiger partial charge >= 0.3 is 12.0 Å². The highest BCUT2D eigenvalue weighted by Crippen LogP contribution is 2.33. The second kappa shape index (κ2) is 19.0. The molecule has 0 radical (unpaired) electrons. The minimum atomic E-state index is -1.90. The molecule has 3 aromatic heterocycles. The van der Waals surface area contributed by atoms with Gasteiger partial charge in [-0.2, -0.15) is 4.39 Å². The fourth-order valence-corrected chi connectivity index (χ4v) is 4.93. The van der Waals surface area contributed by atoms with Crippen molar-refractivity contribution in [1.29, 1.82) is 0 Å². The zero-order valence-corrected chi connectivity index (χ0v) is 30.2. The maximum atomic E-state index is 13.8. The summed E-state index contributed by atoms with van der Waals surface area (Å²) in [5.74, 6) is -5.51. The normalized spacial score (nSPS) is 10.4. The molecule has 0 atom stereocenters. The number of rotatable bonds is 7. The molecule has 0 fully saturated rings. The molecule has 3 aromatic carbocycles. The molecule has 6 rings (SSSR count). The highest BCUT2D eigenvalue weighted by Gasteiger charge is 2.20. The van der Waals surface area contributed by atoms with Crippen LogP contribution in [0.15, 0.2) is 109 Å². The van der Waals surface area contributed by atoms with Crippen LogP contribution in [0.5, 0.6) is 0 Å². The topological polar surface area (TPSA) is 99.1 Å². The first-order valence-electron chi connectivity index (χ1n) is 15.5. The molecule has 7 nitrogen and oxygen atoms in total. The van der Waals surface area contributed by atoms with Crippen molar-refractivity contribution in [2.24, 2.45) is 0 Å². The van der Waals surface area contributed by atoms with Gasteiger partial charge in [-0.15, -0.1) is 0 Å². The van der Waals surface area contributed by atoms with Crippen molar-refractivity contribution in [2.45, 2.75) is 20.0 Å². The van der Waals surface area contributed by atoms with Crippen LogP contribution in [0.3, 0.4) is 0 Å². The smallest absolute Gasteiger partial charge is 0.357 e. The molecule has 0 saturated heterocycles. The summed E-state index contributed by atoms with van der Waals surface area (Å²) < 4.78 is 71.4. The van der Waals surface area contributed by atoms with Gasteiger partial charge in [0.25, 0.3) is 5.24 Å². The molecule has 0 spiro atoms. The Bertz CT molecular complexity index is 2180. The largest absolute Gasteiger partial charge is 0.458 e. The van der Waals surface area contributed by atoms with Gasteiger partial charge in [-0.3, -0.25) is 9.59 Å². The minimum Gasteiger partial charge on any atom is -0.458 e. The first-order valence-corrected chi connectivity index (χ1v) is 16.7. The molecule has 0 bridgehead atoms. The van der Waals surface area contributed by atoms with E-state index in [4.69, 9.17) is 39.5 Å². The quantitative estimate of drug-likeness (QED) is 0.0900. The monoisotopic (exact) mass is 799 g/mol. The molecule has 0 aliphatic rings. The molecule has 0 saturated carbocycles.